The number of hydrogen-bond donors (Lipinski definition) is 2. The van der Waals surface area contributed by atoms with Crippen molar-refractivity contribution in [1.82, 2.24) is 15.1 Å². The Morgan fingerprint density at radius 3 is 3.27 bits per heavy atom. The summed E-state index contributed by atoms with van der Waals surface area (Å²) in [6.07, 6.45) is 1.87. The molecule has 5 nitrogen and oxygen atoms in total. The maximum absolute atomic E-state index is 8.89. The number of aromatic amines is 1. The fourth-order valence-electron chi connectivity index (χ4n) is 1.90. The molecule has 0 bridgehead atoms. The van der Waals surface area contributed by atoms with Gasteiger partial charge in [0.25, 0.3) is 0 Å². The molecule has 2 heterocycles. The first-order valence-corrected chi connectivity index (χ1v) is 5.26. The van der Waals surface area contributed by atoms with E-state index >= 15 is 0 Å². The molecule has 0 unspecified atom stereocenters. The topological polar surface area (TPSA) is 61.4 Å². The zero-order valence-electron chi connectivity index (χ0n) is 8.94. The Bertz CT molecular complexity index is 311. The van der Waals surface area contributed by atoms with Gasteiger partial charge in [-0.05, 0) is 12.5 Å². The molecule has 2 rings (SSSR count). The minimum Gasteiger partial charge on any atom is -0.395 e. The van der Waals surface area contributed by atoms with Crippen molar-refractivity contribution < 1.29 is 9.84 Å². The number of ether oxygens (including phenoxy) is 1. The number of aliphatic hydroxyl groups is 1. The van der Waals surface area contributed by atoms with Crippen molar-refractivity contribution >= 4 is 0 Å². The number of aryl methyl sites for hydroxylation is 1. The quantitative estimate of drug-likeness (QED) is 0.743. The van der Waals surface area contributed by atoms with Crippen LogP contribution in [0.4, 0.5) is 0 Å². The highest BCUT2D eigenvalue weighted by atomic mass is 16.5. The van der Waals surface area contributed by atoms with Crippen molar-refractivity contribution in [2.45, 2.75) is 13.0 Å². The summed E-state index contributed by atoms with van der Waals surface area (Å²) in [5.74, 6) is 0. The van der Waals surface area contributed by atoms with E-state index in [1.807, 2.05) is 13.1 Å². The molecule has 5 heteroatoms. The highest BCUT2D eigenvalue weighted by molar-refractivity contribution is 5.17. The molecular formula is C10H17N3O2. The molecule has 1 aromatic rings. The van der Waals surface area contributed by atoms with Gasteiger partial charge in [0.2, 0.25) is 0 Å². The van der Waals surface area contributed by atoms with Gasteiger partial charge in [0.1, 0.15) is 6.10 Å². The van der Waals surface area contributed by atoms with Crippen molar-refractivity contribution in [1.29, 1.82) is 0 Å². The summed E-state index contributed by atoms with van der Waals surface area (Å²) in [4.78, 5) is 2.20. The third-order valence-electron chi connectivity index (χ3n) is 2.76. The standard InChI is InChI=1S/C10H17N3O2/c1-8-6-11-12-10(8)9-7-13(2-4-14)3-5-15-9/h6,9,14H,2-5,7H2,1H3,(H,11,12)/t9-/m1/s1. The number of rotatable bonds is 3. The fraction of sp³-hybridized carbons (Fsp3) is 0.700. The number of nitrogens with one attached hydrogen (secondary N) is 1. The number of aliphatic hydroxyl groups excluding tert-OH is 1. The average Bonchev–Trinajstić information content (AvgIpc) is 2.65. The maximum Gasteiger partial charge on any atom is 0.112 e. The molecule has 0 amide bonds. The van der Waals surface area contributed by atoms with E-state index in [4.69, 9.17) is 9.84 Å². The largest absolute Gasteiger partial charge is 0.395 e. The average molecular weight is 211 g/mol. The Kier molecular flexibility index (Phi) is 3.35. The van der Waals surface area contributed by atoms with E-state index in [1.165, 1.54) is 0 Å². The molecule has 1 aromatic heterocycles. The molecule has 1 saturated heterocycles. The first-order chi connectivity index (χ1) is 7.31. The van der Waals surface area contributed by atoms with Crippen molar-refractivity contribution in [2.24, 2.45) is 0 Å². The van der Waals surface area contributed by atoms with Gasteiger partial charge in [-0.2, -0.15) is 5.10 Å². The Hall–Kier alpha value is -0.910. The Morgan fingerprint density at radius 2 is 2.60 bits per heavy atom. The van der Waals surface area contributed by atoms with Gasteiger partial charge in [-0.25, -0.2) is 0 Å². The molecule has 0 saturated carbocycles. The van der Waals surface area contributed by atoms with E-state index in [1.54, 1.807) is 0 Å². The smallest absolute Gasteiger partial charge is 0.112 e. The van der Waals surface area contributed by atoms with Gasteiger partial charge in [0, 0.05) is 19.6 Å². The third-order valence-corrected chi connectivity index (χ3v) is 2.76. The van der Waals surface area contributed by atoms with Crippen LogP contribution in [0.1, 0.15) is 17.4 Å². The molecule has 0 aromatic carbocycles. The van der Waals surface area contributed by atoms with E-state index in [-0.39, 0.29) is 12.7 Å². The second kappa shape index (κ2) is 4.74. The lowest BCUT2D eigenvalue weighted by molar-refractivity contribution is -0.0360. The highest BCUT2D eigenvalue weighted by Gasteiger charge is 2.23. The summed E-state index contributed by atoms with van der Waals surface area (Å²) < 4.78 is 5.69. The first kappa shape index (κ1) is 10.6. The zero-order valence-corrected chi connectivity index (χ0v) is 8.94. The molecule has 84 valence electrons. The van der Waals surface area contributed by atoms with Gasteiger partial charge in [-0.1, -0.05) is 0 Å². The number of H-pyrrole nitrogens is 1. The lowest BCUT2D eigenvalue weighted by Gasteiger charge is -2.32. The van der Waals surface area contributed by atoms with Crippen LogP contribution >= 0.6 is 0 Å². The van der Waals surface area contributed by atoms with Crippen LogP contribution in [0.2, 0.25) is 0 Å². The summed E-state index contributed by atoms with van der Waals surface area (Å²) in [5.41, 5.74) is 2.18. The molecule has 1 atom stereocenters. The highest BCUT2D eigenvalue weighted by Crippen LogP contribution is 2.22. The zero-order chi connectivity index (χ0) is 10.7. The molecule has 0 spiro atoms. The molecule has 1 aliphatic heterocycles. The molecule has 1 aliphatic rings. The summed E-state index contributed by atoms with van der Waals surface area (Å²) >= 11 is 0. The maximum atomic E-state index is 8.89. The van der Waals surface area contributed by atoms with Gasteiger partial charge < -0.3 is 9.84 Å². The first-order valence-electron chi connectivity index (χ1n) is 5.26. The molecule has 0 radical (unpaired) electrons. The van der Waals surface area contributed by atoms with Crippen molar-refractivity contribution in [3.05, 3.63) is 17.5 Å². The minimum atomic E-state index is 0.0628. The van der Waals surface area contributed by atoms with Crippen LogP contribution < -0.4 is 0 Å². The second-order valence-electron chi connectivity index (χ2n) is 3.85. The van der Waals surface area contributed by atoms with E-state index < -0.39 is 0 Å². The SMILES string of the molecule is Cc1cn[nH]c1[C@H]1CN(CCO)CCO1. The van der Waals surface area contributed by atoms with Crippen molar-refractivity contribution in [3.63, 3.8) is 0 Å². The van der Waals surface area contributed by atoms with Crippen LogP contribution in [0.3, 0.4) is 0 Å². The monoisotopic (exact) mass is 211 g/mol. The van der Waals surface area contributed by atoms with Crippen LogP contribution in [0.5, 0.6) is 0 Å². The molecular weight excluding hydrogens is 194 g/mol. The van der Waals surface area contributed by atoms with Crippen molar-refractivity contribution in [2.75, 3.05) is 32.8 Å². The molecule has 2 N–H and O–H groups in total. The van der Waals surface area contributed by atoms with Gasteiger partial charge >= 0.3 is 0 Å². The molecule has 1 fully saturated rings. The van der Waals surface area contributed by atoms with Gasteiger partial charge in [0.05, 0.1) is 25.1 Å². The van der Waals surface area contributed by atoms with Crippen LogP contribution in [0.15, 0.2) is 6.20 Å². The normalized spacial score (nSPS) is 23.2. The fourth-order valence-corrected chi connectivity index (χ4v) is 1.90. The minimum absolute atomic E-state index is 0.0628. The Balaban J connectivity index is 2.01. The van der Waals surface area contributed by atoms with E-state index in [0.717, 1.165) is 24.3 Å². The lowest BCUT2D eigenvalue weighted by atomic mass is 10.1. The number of aromatic nitrogens is 2. The van der Waals surface area contributed by atoms with Crippen LogP contribution in [0, 0.1) is 6.92 Å². The lowest BCUT2D eigenvalue weighted by Crippen LogP contribution is -2.40. The van der Waals surface area contributed by atoms with Crippen LogP contribution in [0.25, 0.3) is 0 Å². The number of morpholine rings is 1. The van der Waals surface area contributed by atoms with Gasteiger partial charge in [0.15, 0.2) is 0 Å². The second-order valence-corrected chi connectivity index (χ2v) is 3.85. The number of hydrogen-bond acceptors (Lipinski definition) is 4. The van der Waals surface area contributed by atoms with E-state index in [9.17, 15) is 0 Å². The van der Waals surface area contributed by atoms with Crippen molar-refractivity contribution in [3.8, 4) is 0 Å². The number of β-amino-alcohol motifs (C(OH)–C–C–N with tert-alkyl or cyclic N) is 1. The van der Waals surface area contributed by atoms with Gasteiger partial charge in [-0.3, -0.25) is 10.00 Å². The Labute approximate surface area is 89.0 Å². The predicted octanol–water partition coefficient (Wildman–Crippen LogP) is 0.0837. The van der Waals surface area contributed by atoms with Crippen LogP contribution in [-0.4, -0.2) is 53.1 Å². The van der Waals surface area contributed by atoms with Crippen LogP contribution in [-0.2, 0) is 4.74 Å². The number of nitrogens with zero attached hydrogens (tertiary/aromatic N) is 2. The van der Waals surface area contributed by atoms with E-state index in [2.05, 4.69) is 15.1 Å². The summed E-state index contributed by atoms with van der Waals surface area (Å²) in [6.45, 7) is 5.37. The summed E-state index contributed by atoms with van der Waals surface area (Å²) in [5, 5.41) is 15.9. The Morgan fingerprint density at radius 1 is 1.73 bits per heavy atom. The summed E-state index contributed by atoms with van der Waals surface area (Å²) in [6, 6.07) is 0. The predicted molar refractivity (Wildman–Crippen MR) is 55.5 cm³/mol. The summed E-state index contributed by atoms with van der Waals surface area (Å²) in [7, 11) is 0. The molecule has 0 aliphatic carbocycles. The third kappa shape index (κ3) is 2.37. The molecule has 15 heavy (non-hydrogen) atoms. The van der Waals surface area contributed by atoms with Gasteiger partial charge in [-0.15, -0.1) is 0 Å². The van der Waals surface area contributed by atoms with E-state index in [0.29, 0.717) is 13.2 Å².